The Kier molecular flexibility index (Phi) is 4.48. The van der Waals surface area contributed by atoms with Crippen molar-refractivity contribution in [2.24, 2.45) is 5.92 Å². The number of likely N-dealkylation sites (N-methyl/N-ethyl adjacent to an activating group) is 1. The third-order valence-electron chi connectivity index (χ3n) is 3.73. The van der Waals surface area contributed by atoms with Gasteiger partial charge in [-0.25, -0.2) is 0 Å². The standard InChI is InChI=1S/C15H24N2O/c1-3-17(8-9-18)15-6-4-13(5-7-15)16-14-10-12(2)11-14/h4-7,12,14,16,18H,3,8-11H2,1-2H3. The number of aliphatic hydroxyl groups is 1. The van der Waals surface area contributed by atoms with Crippen molar-refractivity contribution in [3.05, 3.63) is 24.3 Å². The maximum atomic E-state index is 9.01. The van der Waals surface area contributed by atoms with Crippen LogP contribution in [0.3, 0.4) is 0 Å². The van der Waals surface area contributed by atoms with Gasteiger partial charge in [0.1, 0.15) is 0 Å². The van der Waals surface area contributed by atoms with Crippen LogP contribution in [0.4, 0.5) is 11.4 Å². The lowest BCUT2D eigenvalue weighted by Crippen LogP contribution is -2.33. The molecule has 0 saturated heterocycles. The first-order chi connectivity index (χ1) is 8.72. The molecular weight excluding hydrogens is 224 g/mol. The van der Waals surface area contributed by atoms with E-state index >= 15 is 0 Å². The molecule has 0 spiro atoms. The summed E-state index contributed by atoms with van der Waals surface area (Å²) in [6, 6.07) is 9.19. The van der Waals surface area contributed by atoms with Crippen molar-refractivity contribution in [1.29, 1.82) is 0 Å². The van der Waals surface area contributed by atoms with Gasteiger partial charge in [-0.2, -0.15) is 0 Å². The molecule has 1 aromatic carbocycles. The number of rotatable bonds is 6. The molecule has 3 nitrogen and oxygen atoms in total. The largest absolute Gasteiger partial charge is 0.395 e. The molecule has 0 atom stereocenters. The molecule has 1 aliphatic rings. The van der Waals surface area contributed by atoms with Gasteiger partial charge in [0.15, 0.2) is 0 Å². The van der Waals surface area contributed by atoms with Crippen LogP contribution in [0.25, 0.3) is 0 Å². The highest BCUT2D eigenvalue weighted by Gasteiger charge is 2.24. The lowest BCUT2D eigenvalue weighted by molar-refractivity contribution is 0.302. The minimum absolute atomic E-state index is 0.202. The second-order valence-corrected chi connectivity index (χ2v) is 5.27. The quantitative estimate of drug-likeness (QED) is 0.812. The molecule has 1 aliphatic carbocycles. The molecule has 100 valence electrons. The first-order valence-corrected chi connectivity index (χ1v) is 6.95. The smallest absolute Gasteiger partial charge is 0.0606 e. The zero-order valence-corrected chi connectivity index (χ0v) is 11.4. The molecule has 1 aromatic rings. The monoisotopic (exact) mass is 248 g/mol. The van der Waals surface area contributed by atoms with E-state index in [4.69, 9.17) is 5.11 Å². The topological polar surface area (TPSA) is 35.5 Å². The number of hydrogen-bond donors (Lipinski definition) is 2. The van der Waals surface area contributed by atoms with Gasteiger partial charge >= 0.3 is 0 Å². The molecule has 1 saturated carbocycles. The van der Waals surface area contributed by atoms with E-state index in [1.165, 1.54) is 24.2 Å². The predicted octanol–water partition coefficient (Wildman–Crippen LogP) is 2.72. The average molecular weight is 248 g/mol. The second-order valence-electron chi connectivity index (χ2n) is 5.27. The van der Waals surface area contributed by atoms with Crippen molar-refractivity contribution >= 4 is 11.4 Å². The van der Waals surface area contributed by atoms with Gasteiger partial charge in [-0.3, -0.25) is 0 Å². The van der Waals surface area contributed by atoms with Crippen molar-refractivity contribution in [3.8, 4) is 0 Å². The number of hydrogen-bond acceptors (Lipinski definition) is 3. The molecule has 0 radical (unpaired) electrons. The summed E-state index contributed by atoms with van der Waals surface area (Å²) < 4.78 is 0. The van der Waals surface area contributed by atoms with Gasteiger partial charge in [-0.1, -0.05) is 6.92 Å². The van der Waals surface area contributed by atoms with Crippen molar-refractivity contribution in [2.45, 2.75) is 32.7 Å². The fourth-order valence-corrected chi connectivity index (χ4v) is 2.61. The van der Waals surface area contributed by atoms with Crippen molar-refractivity contribution < 1.29 is 5.11 Å². The van der Waals surface area contributed by atoms with E-state index in [0.717, 1.165) is 12.5 Å². The Hall–Kier alpha value is -1.22. The van der Waals surface area contributed by atoms with Crippen molar-refractivity contribution in [1.82, 2.24) is 0 Å². The van der Waals surface area contributed by atoms with Gasteiger partial charge in [0.2, 0.25) is 0 Å². The van der Waals surface area contributed by atoms with Gasteiger partial charge in [-0.15, -0.1) is 0 Å². The highest BCUT2D eigenvalue weighted by Crippen LogP contribution is 2.29. The summed E-state index contributed by atoms with van der Waals surface area (Å²) in [6.07, 6.45) is 2.57. The summed E-state index contributed by atoms with van der Waals surface area (Å²) in [5, 5.41) is 12.6. The molecule has 18 heavy (non-hydrogen) atoms. The molecule has 2 N–H and O–H groups in total. The molecule has 0 bridgehead atoms. The molecule has 1 fully saturated rings. The van der Waals surface area contributed by atoms with Crippen molar-refractivity contribution in [3.63, 3.8) is 0 Å². The van der Waals surface area contributed by atoms with E-state index in [1.807, 2.05) is 0 Å². The molecule has 0 heterocycles. The highest BCUT2D eigenvalue weighted by atomic mass is 16.3. The number of nitrogens with one attached hydrogen (secondary N) is 1. The predicted molar refractivity (Wildman–Crippen MR) is 77.2 cm³/mol. The van der Waals surface area contributed by atoms with E-state index in [1.54, 1.807) is 0 Å². The van der Waals surface area contributed by atoms with Gasteiger partial charge in [-0.05, 0) is 49.9 Å². The number of anilines is 2. The van der Waals surface area contributed by atoms with E-state index < -0.39 is 0 Å². The Morgan fingerprint density at radius 2 is 1.94 bits per heavy atom. The summed E-state index contributed by atoms with van der Waals surface area (Å²) in [5.74, 6) is 0.877. The SMILES string of the molecule is CCN(CCO)c1ccc(NC2CC(C)C2)cc1. The highest BCUT2D eigenvalue weighted by molar-refractivity contribution is 5.55. The van der Waals surface area contributed by atoms with Crippen LogP contribution < -0.4 is 10.2 Å². The Bertz CT molecular complexity index is 357. The van der Waals surface area contributed by atoms with Crippen molar-refractivity contribution in [2.75, 3.05) is 29.9 Å². The molecule has 0 aromatic heterocycles. The fourth-order valence-electron chi connectivity index (χ4n) is 2.61. The van der Waals surface area contributed by atoms with Crippen LogP contribution in [0.2, 0.25) is 0 Å². The fraction of sp³-hybridized carbons (Fsp3) is 0.600. The van der Waals surface area contributed by atoms with Crippen LogP contribution in [0.5, 0.6) is 0 Å². The third kappa shape index (κ3) is 3.16. The van der Waals surface area contributed by atoms with E-state index in [9.17, 15) is 0 Å². The van der Waals surface area contributed by atoms with Crippen LogP contribution in [0.15, 0.2) is 24.3 Å². The molecule has 0 unspecified atom stereocenters. The third-order valence-corrected chi connectivity index (χ3v) is 3.73. The van der Waals surface area contributed by atoms with Gasteiger partial charge in [0.05, 0.1) is 6.61 Å². The minimum atomic E-state index is 0.202. The molecule has 3 heteroatoms. The Balaban J connectivity index is 1.92. The Labute approximate surface area is 110 Å². The Morgan fingerprint density at radius 3 is 2.44 bits per heavy atom. The number of aliphatic hydroxyl groups excluding tert-OH is 1. The van der Waals surface area contributed by atoms with Crippen LogP contribution in [-0.2, 0) is 0 Å². The first-order valence-electron chi connectivity index (χ1n) is 6.95. The number of benzene rings is 1. The van der Waals surface area contributed by atoms with Gasteiger partial charge < -0.3 is 15.3 Å². The normalized spacial score (nSPS) is 22.4. The summed E-state index contributed by atoms with van der Waals surface area (Å²) in [7, 11) is 0. The van der Waals surface area contributed by atoms with Crippen LogP contribution in [0.1, 0.15) is 26.7 Å². The summed E-state index contributed by atoms with van der Waals surface area (Å²) in [4.78, 5) is 2.18. The van der Waals surface area contributed by atoms with E-state index in [2.05, 4.69) is 48.3 Å². The maximum Gasteiger partial charge on any atom is 0.0606 e. The lowest BCUT2D eigenvalue weighted by atomic mass is 9.82. The molecule has 0 amide bonds. The average Bonchev–Trinajstić information content (AvgIpc) is 2.35. The summed E-state index contributed by atoms with van der Waals surface area (Å²) in [5.41, 5.74) is 2.38. The zero-order chi connectivity index (χ0) is 13.0. The van der Waals surface area contributed by atoms with Crippen LogP contribution >= 0.6 is 0 Å². The Morgan fingerprint density at radius 1 is 1.28 bits per heavy atom. The number of nitrogens with zero attached hydrogens (tertiary/aromatic N) is 1. The summed E-state index contributed by atoms with van der Waals surface area (Å²) in [6.45, 7) is 6.23. The van der Waals surface area contributed by atoms with Crippen LogP contribution in [-0.4, -0.2) is 30.8 Å². The van der Waals surface area contributed by atoms with E-state index in [-0.39, 0.29) is 6.61 Å². The second kappa shape index (κ2) is 6.10. The summed E-state index contributed by atoms with van der Waals surface area (Å²) >= 11 is 0. The molecule has 2 rings (SSSR count). The minimum Gasteiger partial charge on any atom is -0.395 e. The van der Waals surface area contributed by atoms with Gasteiger partial charge in [0, 0.05) is 30.5 Å². The van der Waals surface area contributed by atoms with Gasteiger partial charge in [0.25, 0.3) is 0 Å². The first kappa shape index (κ1) is 13.2. The molecular formula is C15H24N2O. The molecule has 0 aliphatic heterocycles. The van der Waals surface area contributed by atoms with E-state index in [0.29, 0.717) is 12.6 Å². The maximum absolute atomic E-state index is 9.01. The van der Waals surface area contributed by atoms with Crippen LogP contribution in [0, 0.1) is 5.92 Å². The lowest BCUT2D eigenvalue weighted by Gasteiger charge is -2.34. The zero-order valence-electron chi connectivity index (χ0n) is 11.4.